The summed E-state index contributed by atoms with van der Waals surface area (Å²) in [6.07, 6.45) is 1.35. The van der Waals surface area contributed by atoms with Crippen LogP contribution in [0.1, 0.15) is 5.56 Å². The Morgan fingerprint density at radius 1 is 1.05 bits per heavy atom. The largest absolute Gasteiger partial charge is 0.398 e. The van der Waals surface area contributed by atoms with E-state index in [0.29, 0.717) is 11.9 Å². The van der Waals surface area contributed by atoms with Gasteiger partial charge in [-0.1, -0.05) is 30.3 Å². The van der Waals surface area contributed by atoms with Crippen molar-refractivity contribution in [3.05, 3.63) is 70.5 Å². The van der Waals surface area contributed by atoms with Gasteiger partial charge in [-0.3, -0.25) is 9.48 Å². The Kier molecular flexibility index (Phi) is 2.76. The summed E-state index contributed by atoms with van der Waals surface area (Å²) in [5.41, 5.74) is 8.41. The van der Waals surface area contributed by atoms with E-state index < -0.39 is 0 Å². The summed E-state index contributed by atoms with van der Waals surface area (Å²) in [4.78, 5) is 11.7. The van der Waals surface area contributed by atoms with Gasteiger partial charge in [-0.05, 0) is 23.8 Å². The maximum absolute atomic E-state index is 11.7. The van der Waals surface area contributed by atoms with Gasteiger partial charge in [-0.25, -0.2) is 0 Å². The van der Waals surface area contributed by atoms with Gasteiger partial charge in [0, 0.05) is 11.1 Å². The van der Waals surface area contributed by atoms with Gasteiger partial charge in [0.15, 0.2) is 0 Å². The second-order valence-corrected chi connectivity index (χ2v) is 4.38. The van der Waals surface area contributed by atoms with Crippen molar-refractivity contribution >= 4 is 16.6 Å². The van der Waals surface area contributed by atoms with Gasteiger partial charge < -0.3 is 5.73 Å². The molecule has 94 valence electrons. The smallest absolute Gasteiger partial charge is 0.207 e. The lowest BCUT2D eigenvalue weighted by atomic mass is 10.1. The molecular weight excluding hydrogens is 238 g/mol. The molecule has 1 heterocycles. The van der Waals surface area contributed by atoms with E-state index in [1.54, 1.807) is 4.68 Å². The Morgan fingerprint density at radius 3 is 2.63 bits per heavy atom. The molecule has 0 spiro atoms. The van der Waals surface area contributed by atoms with Crippen molar-refractivity contribution in [3.63, 3.8) is 0 Å². The van der Waals surface area contributed by atoms with Crippen LogP contribution in [0.25, 0.3) is 10.9 Å². The van der Waals surface area contributed by atoms with Crippen molar-refractivity contribution < 1.29 is 0 Å². The number of nitrogens with two attached hydrogens (primary N) is 1. The average molecular weight is 251 g/mol. The number of nitrogen functional groups attached to an aromatic ring is 1. The van der Waals surface area contributed by atoms with Crippen molar-refractivity contribution in [1.29, 1.82) is 0 Å². The standard InChI is InChI=1S/C15H13N3O/c16-13-7-3-1-5-11(13)10-18-14-8-4-2-6-12(14)15(19)9-17-18/h1-9H,10,16H2. The van der Waals surface area contributed by atoms with E-state index in [1.807, 2.05) is 48.5 Å². The summed E-state index contributed by atoms with van der Waals surface area (Å²) in [5, 5.41) is 4.86. The minimum absolute atomic E-state index is 0.0621. The molecule has 4 heteroatoms. The molecule has 0 radical (unpaired) electrons. The number of hydrogen-bond donors (Lipinski definition) is 1. The molecule has 4 nitrogen and oxygen atoms in total. The van der Waals surface area contributed by atoms with E-state index in [9.17, 15) is 4.79 Å². The molecular formula is C15H13N3O. The van der Waals surface area contributed by atoms with E-state index in [2.05, 4.69) is 5.10 Å². The Hall–Kier alpha value is -2.62. The topological polar surface area (TPSA) is 60.9 Å². The van der Waals surface area contributed by atoms with Crippen LogP contribution < -0.4 is 11.2 Å². The third-order valence-corrected chi connectivity index (χ3v) is 3.14. The Labute approximate surface area is 110 Å². The number of nitrogens with zero attached hydrogens (tertiary/aromatic N) is 2. The number of rotatable bonds is 2. The van der Waals surface area contributed by atoms with Crippen LogP contribution in [0, 0.1) is 0 Å². The van der Waals surface area contributed by atoms with Crippen LogP contribution in [0.2, 0.25) is 0 Å². The second kappa shape index (κ2) is 4.57. The van der Waals surface area contributed by atoms with Crippen LogP contribution in [0.5, 0.6) is 0 Å². The monoisotopic (exact) mass is 251 g/mol. The first-order valence-electron chi connectivity index (χ1n) is 6.04. The number of fused-ring (bicyclic) bond motifs is 1. The van der Waals surface area contributed by atoms with E-state index in [0.717, 1.165) is 16.8 Å². The molecule has 0 unspecified atom stereocenters. The Bertz CT molecular complexity index is 792. The van der Waals surface area contributed by atoms with Crippen molar-refractivity contribution in [2.75, 3.05) is 5.73 Å². The summed E-state index contributed by atoms with van der Waals surface area (Å²) in [5.74, 6) is 0. The molecule has 0 fully saturated rings. The van der Waals surface area contributed by atoms with E-state index >= 15 is 0 Å². The molecule has 0 aliphatic carbocycles. The van der Waals surface area contributed by atoms with E-state index in [1.165, 1.54) is 6.20 Å². The molecule has 0 aliphatic rings. The van der Waals surface area contributed by atoms with Crippen molar-refractivity contribution in [2.45, 2.75) is 6.54 Å². The summed E-state index contributed by atoms with van der Waals surface area (Å²) in [6, 6.07) is 15.1. The number of aromatic nitrogens is 2. The number of hydrogen-bond acceptors (Lipinski definition) is 3. The zero-order chi connectivity index (χ0) is 13.2. The summed E-state index contributed by atoms with van der Waals surface area (Å²) in [7, 11) is 0. The van der Waals surface area contributed by atoms with Crippen LogP contribution in [0.15, 0.2) is 59.5 Å². The highest BCUT2D eigenvalue weighted by molar-refractivity contribution is 5.78. The molecule has 19 heavy (non-hydrogen) atoms. The molecule has 0 amide bonds. The third kappa shape index (κ3) is 2.08. The van der Waals surface area contributed by atoms with Gasteiger partial charge in [0.25, 0.3) is 0 Å². The molecule has 0 saturated heterocycles. The quantitative estimate of drug-likeness (QED) is 0.709. The lowest BCUT2D eigenvalue weighted by Crippen LogP contribution is -2.13. The molecule has 2 aromatic carbocycles. The van der Waals surface area contributed by atoms with Gasteiger partial charge in [0.05, 0.1) is 18.3 Å². The average Bonchev–Trinajstić information content (AvgIpc) is 2.44. The first-order chi connectivity index (χ1) is 9.25. The minimum atomic E-state index is -0.0621. The number of anilines is 1. The summed E-state index contributed by atoms with van der Waals surface area (Å²) in [6.45, 7) is 0.549. The zero-order valence-electron chi connectivity index (χ0n) is 10.3. The SMILES string of the molecule is Nc1ccccc1Cn1ncc(=O)c2ccccc21. The maximum Gasteiger partial charge on any atom is 0.207 e. The summed E-state index contributed by atoms with van der Waals surface area (Å²) < 4.78 is 1.79. The highest BCUT2D eigenvalue weighted by Crippen LogP contribution is 2.14. The molecule has 0 atom stereocenters. The van der Waals surface area contributed by atoms with Crippen molar-refractivity contribution in [1.82, 2.24) is 9.78 Å². The van der Waals surface area contributed by atoms with Crippen LogP contribution >= 0.6 is 0 Å². The van der Waals surface area contributed by atoms with Gasteiger partial charge >= 0.3 is 0 Å². The molecule has 0 saturated carbocycles. The maximum atomic E-state index is 11.7. The lowest BCUT2D eigenvalue weighted by Gasteiger charge is -2.10. The Balaban J connectivity index is 2.14. The molecule has 3 aromatic rings. The van der Waals surface area contributed by atoms with Crippen LogP contribution in [-0.4, -0.2) is 9.78 Å². The third-order valence-electron chi connectivity index (χ3n) is 3.14. The summed E-state index contributed by atoms with van der Waals surface area (Å²) >= 11 is 0. The van der Waals surface area contributed by atoms with E-state index in [-0.39, 0.29) is 5.43 Å². The fourth-order valence-corrected chi connectivity index (χ4v) is 2.13. The molecule has 2 N–H and O–H groups in total. The van der Waals surface area contributed by atoms with Crippen LogP contribution in [0.4, 0.5) is 5.69 Å². The number of benzene rings is 2. The molecule has 0 bridgehead atoms. The van der Waals surface area contributed by atoms with Crippen LogP contribution in [0.3, 0.4) is 0 Å². The zero-order valence-corrected chi connectivity index (χ0v) is 10.3. The normalized spacial score (nSPS) is 10.7. The molecule has 0 aliphatic heterocycles. The fraction of sp³-hybridized carbons (Fsp3) is 0.0667. The number of para-hydroxylation sites is 2. The fourth-order valence-electron chi connectivity index (χ4n) is 2.13. The second-order valence-electron chi connectivity index (χ2n) is 4.38. The lowest BCUT2D eigenvalue weighted by molar-refractivity contribution is 0.696. The molecule has 3 rings (SSSR count). The predicted molar refractivity (Wildman–Crippen MR) is 76.0 cm³/mol. The van der Waals surface area contributed by atoms with Gasteiger partial charge in [0.1, 0.15) is 0 Å². The van der Waals surface area contributed by atoms with Gasteiger partial charge in [-0.2, -0.15) is 5.10 Å². The van der Waals surface area contributed by atoms with Crippen LogP contribution in [-0.2, 0) is 6.54 Å². The predicted octanol–water partition coefficient (Wildman–Crippen LogP) is 2.03. The van der Waals surface area contributed by atoms with Gasteiger partial charge in [0.2, 0.25) is 5.43 Å². The molecule has 1 aromatic heterocycles. The Morgan fingerprint density at radius 2 is 1.79 bits per heavy atom. The first kappa shape index (κ1) is 11.5. The minimum Gasteiger partial charge on any atom is -0.398 e. The first-order valence-corrected chi connectivity index (χ1v) is 6.04. The highest BCUT2D eigenvalue weighted by atomic mass is 16.1. The van der Waals surface area contributed by atoms with E-state index in [4.69, 9.17) is 5.73 Å². The van der Waals surface area contributed by atoms with Crippen molar-refractivity contribution in [2.24, 2.45) is 0 Å². The van der Waals surface area contributed by atoms with Gasteiger partial charge in [-0.15, -0.1) is 0 Å². The highest BCUT2D eigenvalue weighted by Gasteiger charge is 2.05. The van der Waals surface area contributed by atoms with Crippen molar-refractivity contribution in [3.8, 4) is 0 Å².